The van der Waals surface area contributed by atoms with Crippen LogP contribution in [0.15, 0.2) is 53.1 Å². The summed E-state index contributed by atoms with van der Waals surface area (Å²) in [6.45, 7) is 2.09. The van der Waals surface area contributed by atoms with Crippen molar-refractivity contribution in [1.82, 2.24) is 19.5 Å². The van der Waals surface area contributed by atoms with Crippen LogP contribution in [0.5, 0.6) is 0 Å². The van der Waals surface area contributed by atoms with E-state index in [1.54, 1.807) is 11.4 Å². The van der Waals surface area contributed by atoms with Crippen LogP contribution in [0.1, 0.15) is 17.7 Å². The van der Waals surface area contributed by atoms with Crippen LogP contribution in [-0.4, -0.2) is 40.4 Å². The Morgan fingerprint density at radius 1 is 1.26 bits per heavy atom. The highest BCUT2D eigenvalue weighted by Crippen LogP contribution is 2.26. The van der Waals surface area contributed by atoms with Crippen molar-refractivity contribution < 1.29 is 18.5 Å². The number of likely N-dealkylation sites (N-methyl/N-ethyl adjacent to an activating group) is 1. The lowest BCUT2D eigenvalue weighted by Crippen LogP contribution is -2.54. The van der Waals surface area contributed by atoms with Crippen molar-refractivity contribution in [1.29, 1.82) is 0 Å². The average molecular weight is 504 g/mol. The Hall–Kier alpha value is -2.92. The molecule has 4 rings (SSSR count). The molecule has 2 aromatic carbocycles. The quantitative estimate of drug-likeness (QED) is 0.438. The van der Waals surface area contributed by atoms with Gasteiger partial charge in [-0.05, 0) is 38.6 Å². The second-order valence-corrected chi connectivity index (χ2v) is 9.25. The van der Waals surface area contributed by atoms with Gasteiger partial charge in [0.15, 0.2) is 5.76 Å². The summed E-state index contributed by atoms with van der Waals surface area (Å²) < 4.78 is 23.6. The normalized spacial score (nSPS) is 18.5. The lowest BCUT2D eigenvalue weighted by atomic mass is 10.1. The van der Waals surface area contributed by atoms with E-state index in [4.69, 9.17) is 16.1 Å². The lowest BCUT2D eigenvalue weighted by Gasteiger charge is -2.34. The summed E-state index contributed by atoms with van der Waals surface area (Å²) in [6.07, 6.45) is 0.239. The summed E-state index contributed by atoms with van der Waals surface area (Å²) in [5.74, 6) is -0.483. The number of amides is 2. The Morgan fingerprint density at radius 3 is 2.76 bits per heavy atom. The van der Waals surface area contributed by atoms with Crippen LogP contribution in [0.3, 0.4) is 0 Å². The molecule has 1 fully saturated rings. The molecular weight excluding hydrogens is 481 g/mol. The van der Waals surface area contributed by atoms with Gasteiger partial charge in [0.05, 0.1) is 17.6 Å². The smallest absolute Gasteiger partial charge is 0.242 e. The SMILES string of the molecule is Cc1c(CNC(=O)C2CC(C(=O)Nc3ccc(F)c(Cl)c3)N(C)SN2)noc1-c1ccccc1. The van der Waals surface area contributed by atoms with E-state index in [9.17, 15) is 14.0 Å². The van der Waals surface area contributed by atoms with Gasteiger partial charge in [0.25, 0.3) is 0 Å². The van der Waals surface area contributed by atoms with Crippen LogP contribution in [0, 0.1) is 12.7 Å². The Bertz CT molecular complexity index is 1190. The van der Waals surface area contributed by atoms with Gasteiger partial charge in [-0.25, -0.2) is 13.4 Å². The van der Waals surface area contributed by atoms with Crippen LogP contribution in [0.2, 0.25) is 5.02 Å². The largest absolute Gasteiger partial charge is 0.356 e. The monoisotopic (exact) mass is 503 g/mol. The summed E-state index contributed by atoms with van der Waals surface area (Å²) in [5.41, 5.74) is 2.78. The minimum atomic E-state index is -0.602. The third-order valence-electron chi connectivity index (χ3n) is 5.53. The zero-order chi connectivity index (χ0) is 24.2. The number of hydrogen-bond acceptors (Lipinski definition) is 7. The van der Waals surface area contributed by atoms with E-state index in [2.05, 4.69) is 20.5 Å². The molecule has 2 heterocycles. The zero-order valence-electron chi connectivity index (χ0n) is 18.5. The summed E-state index contributed by atoms with van der Waals surface area (Å²) in [6, 6.07) is 12.4. The second-order valence-electron chi connectivity index (χ2n) is 7.84. The Labute approximate surface area is 205 Å². The molecule has 3 aromatic rings. The standard InChI is InChI=1S/C23H23ClFN5O3S/c1-13-19(28-33-21(13)14-6-4-3-5-7-14)12-26-22(31)18-11-20(30(2)34-29-18)23(32)27-15-8-9-17(25)16(24)10-15/h3-10,18,20,29H,11-12H2,1-2H3,(H,26,31)(H,27,32). The molecule has 0 aliphatic carbocycles. The van der Waals surface area contributed by atoms with Crippen LogP contribution in [-0.2, 0) is 16.1 Å². The highest BCUT2D eigenvalue weighted by atomic mass is 35.5. The lowest BCUT2D eigenvalue weighted by molar-refractivity contribution is -0.124. The molecule has 1 saturated heterocycles. The van der Waals surface area contributed by atoms with E-state index in [0.29, 0.717) is 17.1 Å². The first-order valence-corrected chi connectivity index (χ1v) is 11.7. The highest BCUT2D eigenvalue weighted by Gasteiger charge is 2.35. The third kappa shape index (κ3) is 5.41. The van der Waals surface area contributed by atoms with Gasteiger partial charge in [-0.15, -0.1) is 0 Å². The molecule has 34 heavy (non-hydrogen) atoms. The first-order chi connectivity index (χ1) is 16.3. The third-order valence-corrected chi connectivity index (χ3v) is 6.75. The summed E-state index contributed by atoms with van der Waals surface area (Å²) in [5, 5.41) is 9.61. The fourth-order valence-corrected chi connectivity index (χ4v) is 4.54. The van der Waals surface area contributed by atoms with E-state index in [0.717, 1.165) is 11.1 Å². The van der Waals surface area contributed by atoms with Crippen LogP contribution >= 0.6 is 23.7 Å². The number of hydrogen-bond donors (Lipinski definition) is 3. The van der Waals surface area contributed by atoms with Gasteiger partial charge >= 0.3 is 0 Å². The molecule has 0 spiro atoms. The van der Waals surface area contributed by atoms with Crippen molar-refractivity contribution in [2.75, 3.05) is 12.4 Å². The molecule has 8 nitrogen and oxygen atoms in total. The van der Waals surface area contributed by atoms with Gasteiger partial charge in [-0.1, -0.05) is 47.1 Å². The van der Waals surface area contributed by atoms with E-state index in [-0.39, 0.29) is 29.8 Å². The molecule has 1 aromatic heterocycles. The summed E-state index contributed by atoms with van der Waals surface area (Å²) >= 11 is 6.97. The molecule has 2 amide bonds. The number of carbonyl (C=O) groups is 2. The molecule has 11 heteroatoms. The summed E-state index contributed by atoms with van der Waals surface area (Å²) in [4.78, 5) is 25.6. The summed E-state index contributed by atoms with van der Waals surface area (Å²) in [7, 11) is 1.75. The topological polar surface area (TPSA) is 99.5 Å². The van der Waals surface area contributed by atoms with Crippen molar-refractivity contribution in [3.8, 4) is 11.3 Å². The first kappa shape index (κ1) is 24.2. The maximum absolute atomic E-state index is 13.4. The van der Waals surface area contributed by atoms with Crippen molar-refractivity contribution in [3.05, 3.63) is 70.6 Å². The predicted octanol–water partition coefficient (Wildman–Crippen LogP) is 3.92. The van der Waals surface area contributed by atoms with Crippen LogP contribution < -0.4 is 15.4 Å². The Balaban J connectivity index is 1.36. The van der Waals surface area contributed by atoms with Crippen molar-refractivity contribution in [3.63, 3.8) is 0 Å². The maximum Gasteiger partial charge on any atom is 0.242 e. The number of aromatic nitrogens is 1. The number of nitrogens with zero attached hydrogens (tertiary/aromatic N) is 2. The van der Waals surface area contributed by atoms with Crippen LogP contribution in [0.4, 0.5) is 10.1 Å². The molecule has 2 atom stereocenters. The molecular formula is C23H23ClFN5O3S. The minimum Gasteiger partial charge on any atom is -0.356 e. The molecule has 0 radical (unpaired) electrons. The fraction of sp³-hybridized carbons (Fsp3) is 0.261. The number of carbonyl (C=O) groups excluding carboxylic acids is 2. The van der Waals surface area contributed by atoms with Crippen LogP contribution in [0.25, 0.3) is 11.3 Å². The number of anilines is 1. The molecule has 1 aliphatic rings. The molecule has 0 saturated carbocycles. The number of nitrogens with one attached hydrogen (secondary N) is 3. The minimum absolute atomic E-state index is 0.0818. The van der Waals surface area contributed by atoms with Gasteiger partial charge in [0.2, 0.25) is 11.8 Å². The van der Waals surface area contributed by atoms with Crippen molar-refractivity contribution in [2.24, 2.45) is 0 Å². The fourth-order valence-electron chi connectivity index (χ4n) is 3.55. The van der Waals surface area contributed by atoms with Gasteiger partial charge in [0.1, 0.15) is 17.6 Å². The van der Waals surface area contributed by atoms with Crippen molar-refractivity contribution >= 4 is 41.2 Å². The van der Waals surface area contributed by atoms with E-state index >= 15 is 0 Å². The molecule has 178 valence electrons. The zero-order valence-corrected chi connectivity index (χ0v) is 20.0. The Kier molecular flexibility index (Phi) is 7.52. The van der Waals surface area contributed by atoms with Gasteiger partial charge in [0, 0.05) is 28.9 Å². The Morgan fingerprint density at radius 2 is 2.03 bits per heavy atom. The maximum atomic E-state index is 13.4. The number of benzene rings is 2. The van der Waals surface area contributed by atoms with Gasteiger partial charge in [-0.2, -0.15) is 0 Å². The molecule has 3 N–H and O–H groups in total. The van der Waals surface area contributed by atoms with E-state index in [1.165, 1.54) is 30.3 Å². The first-order valence-electron chi connectivity index (χ1n) is 10.5. The number of rotatable bonds is 6. The van der Waals surface area contributed by atoms with Gasteiger partial charge in [-0.3, -0.25) is 9.59 Å². The number of halogens is 2. The average Bonchev–Trinajstić information content (AvgIpc) is 3.20. The van der Waals surface area contributed by atoms with E-state index < -0.39 is 17.9 Å². The second kappa shape index (κ2) is 10.6. The van der Waals surface area contributed by atoms with Crippen molar-refractivity contribution in [2.45, 2.75) is 32.0 Å². The predicted molar refractivity (Wildman–Crippen MR) is 129 cm³/mol. The molecule has 2 unspecified atom stereocenters. The highest BCUT2D eigenvalue weighted by molar-refractivity contribution is 7.95. The van der Waals surface area contributed by atoms with Gasteiger partial charge < -0.3 is 15.2 Å². The molecule has 1 aliphatic heterocycles. The molecule has 0 bridgehead atoms. The van der Waals surface area contributed by atoms with E-state index in [1.807, 2.05) is 37.3 Å².